The maximum absolute atomic E-state index is 12.5. The fourth-order valence-corrected chi connectivity index (χ4v) is 5.13. The molecule has 0 amide bonds. The van der Waals surface area contributed by atoms with Gasteiger partial charge >= 0.3 is 11.9 Å². The van der Waals surface area contributed by atoms with E-state index in [1.165, 1.54) is 70.6 Å². The first-order chi connectivity index (χ1) is 23.6. The van der Waals surface area contributed by atoms with Gasteiger partial charge in [0.1, 0.15) is 6.61 Å². The number of allylic oxidation sites excluding steroid dienone is 10. The predicted octanol–water partition coefficient (Wildman–Crippen LogP) is 12.7. The number of unbranched alkanes of at least 4 members (excludes halogenated alkanes) is 14. The minimum absolute atomic E-state index is 0.0561. The molecule has 0 saturated heterocycles. The van der Waals surface area contributed by atoms with Crippen LogP contribution >= 0.6 is 0 Å². The molecule has 0 bridgehead atoms. The first-order valence-electron chi connectivity index (χ1n) is 19.8. The topological polar surface area (TPSA) is 61.8 Å². The van der Waals surface area contributed by atoms with E-state index in [9.17, 15) is 9.59 Å². The normalized spacial score (nSPS) is 12.8. The second-order valence-electron chi connectivity index (χ2n) is 12.8. The van der Waals surface area contributed by atoms with Crippen LogP contribution in [-0.4, -0.2) is 37.9 Å². The fraction of sp³-hybridized carbons (Fsp3) is 0.721. The van der Waals surface area contributed by atoms with Crippen molar-refractivity contribution in [2.75, 3.05) is 19.8 Å². The number of hydrogen-bond donors (Lipinski definition) is 0. The van der Waals surface area contributed by atoms with Gasteiger partial charge in [-0.3, -0.25) is 9.59 Å². The SMILES string of the molecule is CC/C=C\C/C=C\C/C=C\C/C=C\C/C=C\CCCC(=O)OCC(COCCCCCCCC)OC(=O)CCCCCCCCCCC. The van der Waals surface area contributed by atoms with Crippen molar-refractivity contribution in [3.05, 3.63) is 60.8 Å². The summed E-state index contributed by atoms with van der Waals surface area (Å²) in [4.78, 5) is 24.9. The van der Waals surface area contributed by atoms with Gasteiger partial charge in [0.15, 0.2) is 6.10 Å². The van der Waals surface area contributed by atoms with Crippen molar-refractivity contribution >= 4 is 11.9 Å². The molecule has 0 aliphatic carbocycles. The highest BCUT2D eigenvalue weighted by molar-refractivity contribution is 5.70. The van der Waals surface area contributed by atoms with Crippen LogP contribution in [0.25, 0.3) is 0 Å². The second-order valence-corrected chi connectivity index (χ2v) is 12.8. The quantitative estimate of drug-likeness (QED) is 0.0381. The average Bonchev–Trinajstić information content (AvgIpc) is 3.08. The lowest BCUT2D eigenvalue weighted by Gasteiger charge is -2.18. The molecule has 0 N–H and O–H groups in total. The molecule has 0 rings (SSSR count). The molecule has 0 heterocycles. The Hall–Kier alpha value is -2.40. The van der Waals surface area contributed by atoms with E-state index in [0.29, 0.717) is 19.4 Å². The molecule has 0 aromatic rings. The molecule has 5 nitrogen and oxygen atoms in total. The lowest BCUT2D eigenvalue weighted by atomic mass is 10.1. The monoisotopic (exact) mass is 671 g/mol. The summed E-state index contributed by atoms with van der Waals surface area (Å²) in [5, 5.41) is 0. The van der Waals surface area contributed by atoms with E-state index in [1.54, 1.807) is 0 Å². The van der Waals surface area contributed by atoms with Crippen molar-refractivity contribution < 1.29 is 23.8 Å². The zero-order valence-corrected chi connectivity index (χ0v) is 31.5. The highest BCUT2D eigenvalue weighted by Crippen LogP contribution is 2.12. The van der Waals surface area contributed by atoms with Gasteiger partial charge in [0.2, 0.25) is 0 Å². The van der Waals surface area contributed by atoms with Crippen LogP contribution < -0.4 is 0 Å². The second kappa shape index (κ2) is 39.0. The summed E-state index contributed by atoms with van der Waals surface area (Å²) < 4.78 is 17.1. The van der Waals surface area contributed by atoms with Crippen LogP contribution in [0.3, 0.4) is 0 Å². The Kier molecular flexibility index (Phi) is 37.1. The molecule has 0 aliphatic rings. The zero-order chi connectivity index (χ0) is 35.0. The Balaban J connectivity index is 4.24. The van der Waals surface area contributed by atoms with Crippen molar-refractivity contribution in [2.24, 2.45) is 0 Å². The van der Waals surface area contributed by atoms with E-state index in [-0.39, 0.29) is 25.2 Å². The van der Waals surface area contributed by atoms with Gasteiger partial charge in [-0.05, 0) is 57.8 Å². The van der Waals surface area contributed by atoms with Gasteiger partial charge in [-0.25, -0.2) is 0 Å². The lowest BCUT2D eigenvalue weighted by molar-refractivity contribution is -0.163. The summed E-state index contributed by atoms with van der Waals surface area (Å²) in [6.07, 6.45) is 46.6. The molecule has 0 aromatic carbocycles. The standard InChI is InChI=1S/C43H74O5/c1-4-7-10-13-16-18-19-20-21-22-23-24-25-27-28-30-33-36-42(44)47-40-41(39-46-38-35-32-15-12-9-6-3)48-43(45)37-34-31-29-26-17-14-11-8-5-2/h7,10,16,18,20-21,23-24,27-28,41H,4-6,8-9,11-15,17,19,22,25-26,29-40H2,1-3H3/b10-7-,18-16-,21-20-,24-23-,28-27-. The van der Waals surface area contributed by atoms with Crippen LogP contribution in [0.4, 0.5) is 0 Å². The molecular formula is C43H74O5. The minimum atomic E-state index is -0.550. The predicted molar refractivity (Wildman–Crippen MR) is 205 cm³/mol. The maximum Gasteiger partial charge on any atom is 0.306 e. The molecule has 5 heteroatoms. The summed E-state index contributed by atoms with van der Waals surface area (Å²) in [6, 6.07) is 0. The number of hydrogen-bond acceptors (Lipinski definition) is 5. The molecule has 48 heavy (non-hydrogen) atoms. The number of ether oxygens (including phenoxy) is 3. The lowest BCUT2D eigenvalue weighted by Crippen LogP contribution is -2.30. The molecule has 276 valence electrons. The Morgan fingerprint density at radius 3 is 1.48 bits per heavy atom. The van der Waals surface area contributed by atoms with E-state index < -0.39 is 6.10 Å². The van der Waals surface area contributed by atoms with Crippen molar-refractivity contribution in [3.8, 4) is 0 Å². The Morgan fingerprint density at radius 2 is 0.938 bits per heavy atom. The summed E-state index contributed by atoms with van der Waals surface area (Å²) in [7, 11) is 0. The van der Waals surface area contributed by atoms with Gasteiger partial charge in [0.25, 0.3) is 0 Å². The van der Waals surface area contributed by atoms with Gasteiger partial charge in [0, 0.05) is 19.4 Å². The third-order valence-electron chi connectivity index (χ3n) is 8.07. The van der Waals surface area contributed by atoms with Crippen molar-refractivity contribution in [2.45, 2.75) is 181 Å². The van der Waals surface area contributed by atoms with E-state index in [4.69, 9.17) is 14.2 Å². The minimum Gasteiger partial charge on any atom is -0.462 e. The third kappa shape index (κ3) is 36.4. The van der Waals surface area contributed by atoms with Crippen LogP contribution in [0.5, 0.6) is 0 Å². The maximum atomic E-state index is 12.5. The summed E-state index contributed by atoms with van der Waals surface area (Å²) in [5.41, 5.74) is 0. The highest BCUT2D eigenvalue weighted by atomic mass is 16.6. The molecule has 0 saturated carbocycles. The van der Waals surface area contributed by atoms with Crippen LogP contribution in [0.1, 0.15) is 175 Å². The Bertz CT molecular complexity index is 853. The number of esters is 2. The molecular weight excluding hydrogens is 596 g/mol. The van der Waals surface area contributed by atoms with Crippen molar-refractivity contribution in [1.82, 2.24) is 0 Å². The molecule has 0 aromatic heterocycles. The number of rotatable bonds is 35. The van der Waals surface area contributed by atoms with Gasteiger partial charge < -0.3 is 14.2 Å². The van der Waals surface area contributed by atoms with Gasteiger partial charge in [-0.15, -0.1) is 0 Å². The molecule has 0 spiro atoms. The first kappa shape index (κ1) is 45.6. The largest absolute Gasteiger partial charge is 0.462 e. The number of carbonyl (C=O) groups is 2. The van der Waals surface area contributed by atoms with E-state index >= 15 is 0 Å². The van der Waals surface area contributed by atoms with Crippen LogP contribution in [-0.2, 0) is 23.8 Å². The summed E-state index contributed by atoms with van der Waals surface area (Å²) in [6.45, 7) is 7.58. The Labute approximate surface area is 296 Å². The highest BCUT2D eigenvalue weighted by Gasteiger charge is 2.17. The first-order valence-corrected chi connectivity index (χ1v) is 19.8. The molecule has 0 fully saturated rings. The van der Waals surface area contributed by atoms with Crippen molar-refractivity contribution in [1.29, 1.82) is 0 Å². The fourth-order valence-electron chi connectivity index (χ4n) is 5.13. The van der Waals surface area contributed by atoms with E-state index in [2.05, 4.69) is 81.5 Å². The van der Waals surface area contributed by atoms with Gasteiger partial charge in [-0.1, -0.05) is 165 Å². The Morgan fingerprint density at radius 1 is 0.479 bits per heavy atom. The van der Waals surface area contributed by atoms with Crippen LogP contribution in [0, 0.1) is 0 Å². The third-order valence-corrected chi connectivity index (χ3v) is 8.07. The summed E-state index contributed by atoms with van der Waals surface area (Å²) >= 11 is 0. The molecule has 1 atom stereocenters. The van der Waals surface area contributed by atoms with Gasteiger partial charge in [-0.2, -0.15) is 0 Å². The van der Waals surface area contributed by atoms with Crippen LogP contribution in [0.2, 0.25) is 0 Å². The average molecular weight is 671 g/mol. The van der Waals surface area contributed by atoms with E-state index in [1.807, 2.05) is 0 Å². The molecule has 0 radical (unpaired) electrons. The number of carbonyl (C=O) groups excluding carboxylic acids is 2. The smallest absolute Gasteiger partial charge is 0.306 e. The van der Waals surface area contributed by atoms with E-state index in [0.717, 1.165) is 70.6 Å². The molecule has 0 aliphatic heterocycles. The zero-order valence-electron chi connectivity index (χ0n) is 31.5. The molecule has 1 unspecified atom stereocenters. The van der Waals surface area contributed by atoms with Crippen molar-refractivity contribution in [3.63, 3.8) is 0 Å². The van der Waals surface area contributed by atoms with Gasteiger partial charge in [0.05, 0.1) is 6.61 Å². The van der Waals surface area contributed by atoms with Crippen LogP contribution in [0.15, 0.2) is 60.8 Å². The summed E-state index contributed by atoms with van der Waals surface area (Å²) in [5.74, 6) is -0.473.